The minimum atomic E-state index is -1.05. The van der Waals surface area contributed by atoms with E-state index >= 15 is 0 Å². The Morgan fingerprint density at radius 1 is 1.11 bits per heavy atom. The van der Waals surface area contributed by atoms with Gasteiger partial charge in [0, 0.05) is 7.05 Å². The van der Waals surface area contributed by atoms with E-state index < -0.39 is 5.97 Å². The van der Waals surface area contributed by atoms with Crippen LogP contribution >= 0.6 is 11.8 Å². The van der Waals surface area contributed by atoms with Crippen molar-refractivity contribution in [1.29, 1.82) is 0 Å². The number of carbonyl (C=O) groups excluding carboxylic acids is 1. The van der Waals surface area contributed by atoms with Crippen LogP contribution < -0.4 is 9.47 Å². The molecule has 1 amide bonds. The molecule has 0 unspecified atom stereocenters. The van der Waals surface area contributed by atoms with Gasteiger partial charge in [-0.2, -0.15) is 0 Å². The van der Waals surface area contributed by atoms with E-state index in [2.05, 4.69) is 4.99 Å². The summed E-state index contributed by atoms with van der Waals surface area (Å²) in [5, 5.41) is 9.61. The average Bonchev–Trinajstić information content (AvgIpc) is 3.11. The van der Waals surface area contributed by atoms with Crippen molar-refractivity contribution in [2.45, 2.75) is 6.61 Å². The number of carboxylic acid groups (broad SMARTS) is 1. The Morgan fingerprint density at radius 2 is 1.89 bits per heavy atom. The summed E-state index contributed by atoms with van der Waals surface area (Å²) in [6.45, 7) is 0.249. The number of amides is 1. The molecule has 0 aromatic heterocycles. The summed E-state index contributed by atoms with van der Waals surface area (Å²) >= 11 is 1.19. The molecule has 178 valence electrons. The number of rotatable bonds is 7. The van der Waals surface area contributed by atoms with E-state index in [1.54, 1.807) is 55.6 Å². The molecule has 9 heteroatoms. The van der Waals surface area contributed by atoms with Crippen molar-refractivity contribution >= 4 is 40.6 Å². The fourth-order valence-corrected chi connectivity index (χ4v) is 4.24. The molecule has 0 saturated carbocycles. The van der Waals surface area contributed by atoms with E-state index in [0.717, 1.165) is 11.1 Å². The normalized spacial score (nSPS) is 15.6. The fourth-order valence-electron chi connectivity index (χ4n) is 3.26. The zero-order chi connectivity index (χ0) is 24.9. The molecule has 1 saturated heterocycles. The molecule has 3 aromatic rings. The van der Waals surface area contributed by atoms with Crippen LogP contribution in [0, 0.1) is 5.82 Å². The Kier molecular flexibility index (Phi) is 7.17. The van der Waals surface area contributed by atoms with Gasteiger partial charge in [-0.3, -0.25) is 9.69 Å². The van der Waals surface area contributed by atoms with Crippen LogP contribution in [0.25, 0.3) is 6.08 Å². The maximum absolute atomic E-state index is 13.1. The summed E-state index contributed by atoms with van der Waals surface area (Å²) in [4.78, 5) is 30.3. The van der Waals surface area contributed by atoms with E-state index in [4.69, 9.17) is 9.47 Å². The smallest absolute Gasteiger partial charge is 0.335 e. The number of carboxylic acids is 1. The van der Waals surface area contributed by atoms with Crippen LogP contribution in [0.1, 0.15) is 21.5 Å². The Labute approximate surface area is 205 Å². The molecule has 1 N–H and O–H groups in total. The van der Waals surface area contributed by atoms with E-state index in [9.17, 15) is 19.1 Å². The highest BCUT2D eigenvalue weighted by Crippen LogP contribution is 2.35. The van der Waals surface area contributed by atoms with Gasteiger partial charge in [0.05, 0.1) is 23.3 Å². The molecule has 0 atom stereocenters. The molecule has 4 rings (SSSR count). The fraction of sp³-hybridized carbons (Fsp3) is 0.115. The van der Waals surface area contributed by atoms with Gasteiger partial charge in [0.1, 0.15) is 12.4 Å². The molecule has 3 aromatic carbocycles. The highest BCUT2D eigenvalue weighted by molar-refractivity contribution is 8.18. The largest absolute Gasteiger partial charge is 0.493 e. The molecule has 0 radical (unpaired) electrons. The van der Waals surface area contributed by atoms with Crippen LogP contribution in [0.5, 0.6) is 11.5 Å². The zero-order valence-electron chi connectivity index (χ0n) is 18.9. The number of likely N-dealkylation sites (N-methyl/N-ethyl adjacent to an activating group) is 1. The summed E-state index contributed by atoms with van der Waals surface area (Å²) in [7, 11) is 3.14. The quantitative estimate of drug-likeness (QED) is 0.448. The Balaban J connectivity index is 1.52. The van der Waals surface area contributed by atoms with Crippen molar-refractivity contribution in [2.75, 3.05) is 14.2 Å². The van der Waals surface area contributed by atoms with Crippen molar-refractivity contribution in [3.05, 3.63) is 94.1 Å². The van der Waals surface area contributed by atoms with Crippen LogP contribution in [0.3, 0.4) is 0 Å². The first-order valence-electron chi connectivity index (χ1n) is 10.5. The zero-order valence-corrected chi connectivity index (χ0v) is 19.7. The molecule has 0 spiro atoms. The van der Waals surface area contributed by atoms with Gasteiger partial charge < -0.3 is 14.6 Å². The second kappa shape index (κ2) is 10.4. The third-order valence-corrected chi connectivity index (χ3v) is 6.17. The lowest BCUT2D eigenvalue weighted by Gasteiger charge is -2.11. The molecule has 1 fully saturated rings. The van der Waals surface area contributed by atoms with Gasteiger partial charge in [-0.15, -0.1) is 0 Å². The molecular formula is C26H21FN2O5S. The van der Waals surface area contributed by atoms with Crippen molar-refractivity contribution in [1.82, 2.24) is 4.90 Å². The second-order valence-corrected chi connectivity index (χ2v) is 8.56. The Hall–Kier alpha value is -4.11. The summed E-state index contributed by atoms with van der Waals surface area (Å²) in [6.07, 6.45) is 1.73. The minimum absolute atomic E-state index is 0.119. The number of carbonyl (C=O) groups is 2. The predicted molar refractivity (Wildman–Crippen MR) is 133 cm³/mol. The number of aromatic carboxylic acids is 1. The lowest BCUT2D eigenvalue weighted by atomic mass is 10.2. The van der Waals surface area contributed by atoms with Crippen molar-refractivity contribution in [3.63, 3.8) is 0 Å². The molecule has 0 aliphatic carbocycles. The third kappa shape index (κ3) is 5.70. The van der Waals surface area contributed by atoms with Crippen molar-refractivity contribution in [3.8, 4) is 11.5 Å². The van der Waals surface area contributed by atoms with Gasteiger partial charge in [-0.05, 0) is 71.4 Å². The van der Waals surface area contributed by atoms with Crippen LogP contribution in [0.2, 0.25) is 0 Å². The molecule has 7 nitrogen and oxygen atoms in total. The van der Waals surface area contributed by atoms with E-state index in [0.29, 0.717) is 27.3 Å². The SMILES string of the molecule is COc1cc(/C=C2\SC(=Nc3cccc(C(=O)O)c3)N(C)C2=O)ccc1OCc1ccc(F)cc1. The lowest BCUT2D eigenvalue weighted by Crippen LogP contribution is -2.23. The number of amidine groups is 1. The monoisotopic (exact) mass is 492 g/mol. The van der Waals surface area contributed by atoms with Crippen LogP contribution in [-0.2, 0) is 11.4 Å². The maximum Gasteiger partial charge on any atom is 0.335 e. The first-order chi connectivity index (χ1) is 16.8. The lowest BCUT2D eigenvalue weighted by molar-refractivity contribution is -0.121. The Bertz CT molecular complexity index is 1340. The van der Waals surface area contributed by atoms with Crippen LogP contribution in [0.4, 0.5) is 10.1 Å². The summed E-state index contributed by atoms with van der Waals surface area (Å²) in [5.74, 6) is -0.573. The number of methoxy groups -OCH3 is 1. The van der Waals surface area contributed by atoms with Crippen LogP contribution in [-0.4, -0.2) is 41.2 Å². The number of hydrogen-bond acceptors (Lipinski definition) is 6. The van der Waals surface area contributed by atoms with E-state index in [1.165, 1.54) is 48.0 Å². The first kappa shape index (κ1) is 24.0. The van der Waals surface area contributed by atoms with Crippen LogP contribution in [0.15, 0.2) is 76.6 Å². The van der Waals surface area contributed by atoms with Gasteiger partial charge in [0.15, 0.2) is 16.7 Å². The molecular weight excluding hydrogens is 471 g/mol. The van der Waals surface area contributed by atoms with Gasteiger partial charge in [-0.1, -0.05) is 24.3 Å². The van der Waals surface area contributed by atoms with E-state index in [1.807, 2.05) is 0 Å². The molecule has 1 aliphatic rings. The highest BCUT2D eigenvalue weighted by atomic mass is 32.2. The maximum atomic E-state index is 13.1. The summed E-state index contributed by atoms with van der Waals surface area (Å²) < 4.78 is 24.4. The predicted octanol–water partition coefficient (Wildman–Crippen LogP) is 5.35. The number of aliphatic imine (C=N–C) groups is 1. The van der Waals surface area contributed by atoms with Gasteiger partial charge >= 0.3 is 5.97 Å². The number of benzene rings is 3. The summed E-state index contributed by atoms with van der Waals surface area (Å²) in [6, 6.07) is 17.6. The number of nitrogens with zero attached hydrogens (tertiary/aromatic N) is 2. The van der Waals surface area contributed by atoms with E-state index in [-0.39, 0.29) is 23.9 Å². The van der Waals surface area contributed by atoms with Crippen molar-refractivity contribution in [2.24, 2.45) is 4.99 Å². The third-order valence-electron chi connectivity index (χ3n) is 5.11. The highest BCUT2D eigenvalue weighted by Gasteiger charge is 2.30. The topological polar surface area (TPSA) is 88.4 Å². The van der Waals surface area contributed by atoms with Crippen molar-refractivity contribution < 1.29 is 28.6 Å². The molecule has 1 aliphatic heterocycles. The molecule has 0 bridgehead atoms. The van der Waals surface area contributed by atoms with Gasteiger partial charge in [-0.25, -0.2) is 14.2 Å². The van der Waals surface area contributed by atoms with Gasteiger partial charge in [0.25, 0.3) is 5.91 Å². The molecule has 35 heavy (non-hydrogen) atoms. The first-order valence-corrected chi connectivity index (χ1v) is 11.3. The number of thioether (sulfide) groups is 1. The second-order valence-electron chi connectivity index (χ2n) is 7.55. The number of halogens is 1. The number of ether oxygens (including phenoxy) is 2. The minimum Gasteiger partial charge on any atom is -0.493 e. The Morgan fingerprint density at radius 3 is 2.60 bits per heavy atom. The average molecular weight is 493 g/mol. The molecule has 1 heterocycles. The summed E-state index contributed by atoms with van der Waals surface area (Å²) in [5.41, 5.74) is 2.11. The van der Waals surface area contributed by atoms with Gasteiger partial charge in [0.2, 0.25) is 0 Å². The standard InChI is InChI=1S/C26H21FN2O5S/c1-29-24(30)23(35-26(29)28-20-5-3-4-18(14-20)25(31)32)13-17-8-11-21(22(12-17)33-2)34-15-16-6-9-19(27)10-7-16/h3-14H,15H2,1-2H3,(H,31,32)/b23-13-,28-26?. The number of hydrogen-bond donors (Lipinski definition) is 1.